The first kappa shape index (κ1) is 18.1. The first-order valence-electron chi connectivity index (χ1n) is 7.06. The lowest BCUT2D eigenvalue weighted by molar-refractivity contribution is -0.274. The summed E-state index contributed by atoms with van der Waals surface area (Å²) in [7, 11) is 4.84. The van der Waals surface area contributed by atoms with Crippen LogP contribution in [0.15, 0.2) is 28.7 Å². The molecule has 6 nitrogen and oxygen atoms in total. The number of hydrogen-bond donors (Lipinski definition) is 3. The van der Waals surface area contributed by atoms with Crippen molar-refractivity contribution in [3.8, 4) is 0 Å². The lowest BCUT2D eigenvalue weighted by atomic mass is 9.60. The molecule has 1 aromatic carbocycles. The number of carbonyl (C=O) groups excluding carboxylic acids is 1. The SMILES string of the molecule is CNC(=S)NNC(=O)C1(c2cccc(Br)c2)CC(OC)(OC)C1. The van der Waals surface area contributed by atoms with Crippen LogP contribution in [0.1, 0.15) is 18.4 Å². The molecule has 1 fully saturated rings. The predicted molar refractivity (Wildman–Crippen MR) is 94.7 cm³/mol. The van der Waals surface area contributed by atoms with Gasteiger partial charge < -0.3 is 14.8 Å². The van der Waals surface area contributed by atoms with Crippen LogP contribution in [0.5, 0.6) is 0 Å². The average Bonchev–Trinajstić information content (AvgIpc) is 2.53. The van der Waals surface area contributed by atoms with Gasteiger partial charge in [0, 0.05) is 38.6 Å². The molecule has 0 aliphatic heterocycles. The van der Waals surface area contributed by atoms with E-state index in [0.29, 0.717) is 18.0 Å². The van der Waals surface area contributed by atoms with Gasteiger partial charge in [-0.1, -0.05) is 28.1 Å². The molecule has 0 spiro atoms. The Balaban J connectivity index is 2.27. The molecule has 0 aromatic heterocycles. The average molecular weight is 402 g/mol. The number of halogens is 1. The maximum Gasteiger partial charge on any atom is 0.249 e. The quantitative estimate of drug-likeness (QED) is 0.404. The van der Waals surface area contributed by atoms with Crippen LogP contribution in [0.2, 0.25) is 0 Å². The zero-order chi connectivity index (χ0) is 17.1. The molecule has 0 atom stereocenters. The number of hydrogen-bond acceptors (Lipinski definition) is 4. The molecule has 0 heterocycles. The number of hydrazine groups is 1. The number of thiocarbonyl (C=S) groups is 1. The second-order valence-corrected chi connectivity index (χ2v) is 6.75. The molecule has 1 aliphatic rings. The second-order valence-electron chi connectivity index (χ2n) is 5.42. The summed E-state index contributed by atoms with van der Waals surface area (Å²) in [5.74, 6) is -0.929. The zero-order valence-electron chi connectivity index (χ0n) is 13.2. The summed E-state index contributed by atoms with van der Waals surface area (Å²) < 4.78 is 11.8. The zero-order valence-corrected chi connectivity index (χ0v) is 15.6. The normalized spacial score (nSPS) is 17.7. The van der Waals surface area contributed by atoms with Gasteiger partial charge in [0.05, 0.1) is 5.41 Å². The van der Waals surface area contributed by atoms with Crippen molar-refractivity contribution in [2.75, 3.05) is 21.3 Å². The minimum atomic E-state index is -0.747. The maximum atomic E-state index is 12.8. The molecule has 0 radical (unpaired) electrons. The molecule has 0 bridgehead atoms. The van der Waals surface area contributed by atoms with Gasteiger partial charge in [0.1, 0.15) is 0 Å². The lowest BCUT2D eigenvalue weighted by Crippen LogP contribution is -2.65. The van der Waals surface area contributed by atoms with E-state index in [1.807, 2.05) is 24.3 Å². The van der Waals surface area contributed by atoms with Gasteiger partial charge in [-0.25, -0.2) is 0 Å². The molecule has 1 amide bonds. The van der Waals surface area contributed by atoms with Gasteiger partial charge >= 0.3 is 0 Å². The Bertz CT molecular complexity index is 599. The smallest absolute Gasteiger partial charge is 0.249 e. The molecule has 126 valence electrons. The van der Waals surface area contributed by atoms with E-state index in [0.717, 1.165) is 10.0 Å². The first-order valence-corrected chi connectivity index (χ1v) is 8.26. The minimum absolute atomic E-state index is 0.182. The number of rotatable bonds is 4. The Morgan fingerprint density at radius 1 is 1.26 bits per heavy atom. The van der Waals surface area contributed by atoms with E-state index in [-0.39, 0.29) is 5.91 Å². The molecule has 1 aliphatic carbocycles. The van der Waals surface area contributed by atoms with Gasteiger partial charge in [0.2, 0.25) is 5.91 Å². The second kappa shape index (κ2) is 7.12. The minimum Gasteiger partial charge on any atom is -0.364 e. The Hall–Kier alpha value is -1.22. The van der Waals surface area contributed by atoms with Crippen LogP contribution in [0.25, 0.3) is 0 Å². The fourth-order valence-corrected chi connectivity index (χ4v) is 3.27. The first-order chi connectivity index (χ1) is 10.9. The van der Waals surface area contributed by atoms with Crippen molar-refractivity contribution >= 4 is 39.2 Å². The van der Waals surface area contributed by atoms with Crippen LogP contribution < -0.4 is 16.2 Å². The van der Waals surface area contributed by atoms with Gasteiger partial charge in [-0.05, 0) is 29.9 Å². The van der Waals surface area contributed by atoms with Crippen LogP contribution >= 0.6 is 28.1 Å². The number of amides is 1. The molecule has 1 aromatic rings. The number of benzene rings is 1. The molecule has 0 unspecified atom stereocenters. The number of methoxy groups -OCH3 is 2. The maximum absolute atomic E-state index is 12.8. The summed E-state index contributed by atoms with van der Waals surface area (Å²) in [6, 6.07) is 7.68. The lowest BCUT2D eigenvalue weighted by Gasteiger charge is -2.53. The van der Waals surface area contributed by atoms with Crippen molar-refractivity contribution in [3.05, 3.63) is 34.3 Å². The van der Waals surface area contributed by atoms with Crippen LogP contribution in [0, 0.1) is 0 Å². The van der Waals surface area contributed by atoms with Gasteiger partial charge in [-0.2, -0.15) is 0 Å². The highest BCUT2D eigenvalue weighted by molar-refractivity contribution is 9.10. The van der Waals surface area contributed by atoms with E-state index in [1.165, 1.54) is 0 Å². The van der Waals surface area contributed by atoms with E-state index in [9.17, 15) is 4.79 Å². The summed E-state index contributed by atoms with van der Waals surface area (Å²) in [6.07, 6.45) is 0.840. The van der Waals surface area contributed by atoms with Crippen molar-refractivity contribution in [2.24, 2.45) is 0 Å². The Morgan fingerprint density at radius 3 is 2.43 bits per heavy atom. The van der Waals surface area contributed by atoms with E-state index in [4.69, 9.17) is 21.7 Å². The highest BCUT2D eigenvalue weighted by atomic mass is 79.9. The van der Waals surface area contributed by atoms with Gasteiger partial charge in [-0.15, -0.1) is 0 Å². The molecule has 1 saturated carbocycles. The Labute approximate surface area is 149 Å². The molecule has 23 heavy (non-hydrogen) atoms. The third kappa shape index (κ3) is 3.50. The molecular formula is C15H20BrN3O3S. The van der Waals surface area contributed by atoms with Crippen molar-refractivity contribution in [3.63, 3.8) is 0 Å². The van der Waals surface area contributed by atoms with Crippen molar-refractivity contribution < 1.29 is 14.3 Å². The molecule has 0 saturated heterocycles. The largest absolute Gasteiger partial charge is 0.364 e. The monoisotopic (exact) mass is 401 g/mol. The number of carbonyl (C=O) groups is 1. The Kier molecular flexibility index (Phi) is 5.61. The fourth-order valence-electron chi connectivity index (χ4n) is 2.82. The van der Waals surface area contributed by atoms with E-state index >= 15 is 0 Å². The predicted octanol–water partition coefficient (Wildman–Crippen LogP) is 1.59. The van der Waals surface area contributed by atoms with Crippen LogP contribution in [-0.4, -0.2) is 38.1 Å². The molecule has 3 N–H and O–H groups in total. The third-order valence-electron chi connectivity index (χ3n) is 4.21. The van der Waals surface area contributed by atoms with Crippen molar-refractivity contribution in [1.29, 1.82) is 0 Å². The molecule has 8 heteroatoms. The van der Waals surface area contributed by atoms with Crippen LogP contribution in [-0.2, 0) is 19.7 Å². The third-order valence-corrected chi connectivity index (χ3v) is 5.01. The highest BCUT2D eigenvalue weighted by Crippen LogP contribution is 2.52. The van der Waals surface area contributed by atoms with Gasteiger partial charge in [0.15, 0.2) is 10.9 Å². The van der Waals surface area contributed by atoms with Crippen LogP contribution in [0.3, 0.4) is 0 Å². The van der Waals surface area contributed by atoms with Gasteiger partial charge in [0.25, 0.3) is 0 Å². The summed E-state index contributed by atoms with van der Waals surface area (Å²) in [6.45, 7) is 0. The number of ether oxygens (including phenoxy) is 2. The van der Waals surface area contributed by atoms with Crippen LogP contribution in [0.4, 0.5) is 0 Å². The van der Waals surface area contributed by atoms with E-state index < -0.39 is 11.2 Å². The van der Waals surface area contributed by atoms with Gasteiger partial charge in [-0.3, -0.25) is 15.6 Å². The highest BCUT2D eigenvalue weighted by Gasteiger charge is 2.61. The van der Waals surface area contributed by atoms with E-state index in [1.54, 1.807) is 21.3 Å². The Morgan fingerprint density at radius 2 is 1.91 bits per heavy atom. The molecule has 2 rings (SSSR count). The fraction of sp³-hybridized carbons (Fsp3) is 0.467. The molecular weight excluding hydrogens is 382 g/mol. The summed E-state index contributed by atoms with van der Waals surface area (Å²) >= 11 is 8.44. The summed E-state index contributed by atoms with van der Waals surface area (Å²) in [4.78, 5) is 12.8. The standard InChI is InChI=1S/C15H20BrN3O3S/c1-17-13(23)19-18-12(20)14(8-15(9-14,21-2)22-3)10-5-4-6-11(16)7-10/h4-7H,8-9H2,1-3H3,(H,18,20)(H2,17,19,23). The summed E-state index contributed by atoms with van der Waals surface area (Å²) in [5, 5.41) is 3.08. The summed E-state index contributed by atoms with van der Waals surface area (Å²) in [5.41, 5.74) is 5.49. The van der Waals surface area contributed by atoms with E-state index in [2.05, 4.69) is 32.1 Å². The van der Waals surface area contributed by atoms with Crippen molar-refractivity contribution in [1.82, 2.24) is 16.2 Å². The number of nitrogens with one attached hydrogen (secondary N) is 3. The van der Waals surface area contributed by atoms with Crippen molar-refractivity contribution in [2.45, 2.75) is 24.0 Å². The topological polar surface area (TPSA) is 71.6 Å².